The third-order valence-corrected chi connectivity index (χ3v) is 5.04. The van der Waals surface area contributed by atoms with E-state index in [2.05, 4.69) is 23.2 Å². The van der Waals surface area contributed by atoms with Crippen molar-refractivity contribution in [3.8, 4) is 0 Å². The van der Waals surface area contributed by atoms with Gasteiger partial charge < -0.3 is 4.90 Å². The van der Waals surface area contributed by atoms with E-state index in [4.69, 9.17) is 0 Å². The summed E-state index contributed by atoms with van der Waals surface area (Å²) in [5, 5.41) is 4.30. The Balaban J connectivity index is 1.64. The van der Waals surface area contributed by atoms with Gasteiger partial charge in [-0.2, -0.15) is 5.10 Å². The first-order chi connectivity index (χ1) is 12.5. The van der Waals surface area contributed by atoms with Gasteiger partial charge in [0.15, 0.2) is 0 Å². The second-order valence-corrected chi connectivity index (χ2v) is 7.04. The molecule has 1 N–H and O–H groups in total. The molecule has 26 heavy (non-hydrogen) atoms. The van der Waals surface area contributed by atoms with Crippen LogP contribution in [0.25, 0.3) is 0 Å². The van der Waals surface area contributed by atoms with E-state index in [1.165, 1.54) is 0 Å². The maximum absolute atomic E-state index is 12.3. The lowest BCUT2D eigenvalue weighted by Crippen LogP contribution is -2.24. The normalized spacial score (nSPS) is 21.7. The second-order valence-electron chi connectivity index (χ2n) is 7.04. The number of rotatable bonds is 4. The quantitative estimate of drug-likeness (QED) is 0.662. The van der Waals surface area contributed by atoms with Gasteiger partial charge in [-0.3, -0.25) is 9.59 Å². The summed E-state index contributed by atoms with van der Waals surface area (Å²) in [5.74, 6) is 0.290. The second kappa shape index (κ2) is 7.68. The highest BCUT2D eigenvalue weighted by Crippen LogP contribution is 2.26. The molecule has 2 amide bonds. The average molecular weight is 351 g/mol. The summed E-state index contributed by atoms with van der Waals surface area (Å²) in [4.78, 5) is 25.9. The van der Waals surface area contributed by atoms with Crippen molar-refractivity contribution in [2.45, 2.75) is 39.5 Å². The van der Waals surface area contributed by atoms with Gasteiger partial charge in [-0.15, -0.1) is 0 Å². The summed E-state index contributed by atoms with van der Waals surface area (Å²) in [6, 6.07) is 7.09. The summed E-state index contributed by atoms with van der Waals surface area (Å²) in [6.07, 6.45) is 5.45. The summed E-state index contributed by atoms with van der Waals surface area (Å²) in [5.41, 5.74) is 7.17. The van der Waals surface area contributed by atoms with E-state index in [9.17, 15) is 9.59 Å². The van der Waals surface area contributed by atoms with E-state index in [0.29, 0.717) is 17.9 Å². The highest BCUT2D eigenvalue weighted by molar-refractivity contribution is 6.02. The molecule has 0 bridgehead atoms. The van der Waals surface area contributed by atoms with Crippen molar-refractivity contribution >= 4 is 23.2 Å². The van der Waals surface area contributed by atoms with Crippen molar-refractivity contribution in [3.63, 3.8) is 0 Å². The molecule has 5 heteroatoms. The molecule has 5 nitrogen and oxygen atoms in total. The lowest BCUT2D eigenvalue weighted by molar-refractivity contribution is -0.117. The van der Waals surface area contributed by atoms with Gasteiger partial charge >= 0.3 is 0 Å². The number of allylic oxidation sites excluding steroid dienone is 3. The fraction of sp³-hybridized carbons (Fsp3) is 0.381. The summed E-state index contributed by atoms with van der Waals surface area (Å²) >= 11 is 0. The van der Waals surface area contributed by atoms with Crippen LogP contribution in [0.2, 0.25) is 0 Å². The number of anilines is 1. The van der Waals surface area contributed by atoms with Gasteiger partial charge in [-0.25, -0.2) is 5.43 Å². The van der Waals surface area contributed by atoms with Gasteiger partial charge in [0.1, 0.15) is 0 Å². The molecule has 2 aliphatic rings. The largest absolute Gasteiger partial charge is 0.312 e. The molecule has 136 valence electrons. The molecular weight excluding hydrogens is 326 g/mol. The number of hydrogen-bond acceptors (Lipinski definition) is 3. The molecule has 0 aromatic heterocycles. The summed E-state index contributed by atoms with van der Waals surface area (Å²) in [6.45, 7) is 8.81. The minimum absolute atomic E-state index is 0.140. The highest BCUT2D eigenvalue weighted by atomic mass is 16.2. The first-order valence-electron chi connectivity index (χ1n) is 9.07. The van der Waals surface area contributed by atoms with Crippen molar-refractivity contribution in [2.75, 3.05) is 11.4 Å². The lowest BCUT2D eigenvalue weighted by Gasteiger charge is -2.21. The fourth-order valence-electron chi connectivity index (χ4n) is 3.40. The molecule has 1 atom stereocenters. The van der Waals surface area contributed by atoms with Gasteiger partial charge in [0.05, 0.1) is 5.71 Å². The molecule has 0 spiro atoms. The molecule has 1 aromatic rings. The average Bonchev–Trinajstić information content (AvgIpc) is 3.06. The number of nitrogens with zero attached hydrogens (tertiary/aromatic N) is 2. The zero-order valence-corrected chi connectivity index (χ0v) is 15.4. The SMILES string of the molecule is C=C(C)[C@H]1C=C(C)/C(=N\NC(=O)c2ccc(N3CCCC3=O)cc2)CC1. The van der Waals surface area contributed by atoms with Crippen LogP contribution in [0, 0.1) is 5.92 Å². The van der Waals surface area contributed by atoms with Crippen LogP contribution in [-0.4, -0.2) is 24.1 Å². The van der Waals surface area contributed by atoms with Crippen LogP contribution in [0.15, 0.2) is 53.2 Å². The van der Waals surface area contributed by atoms with Crippen molar-refractivity contribution in [1.82, 2.24) is 5.43 Å². The van der Waals surface area contributed by atoms with E-state index in [1.54, 1.807) is 17.0 Å². The van der Waals surface area contributed by atoms with Crippen molar-refractivity contribution < 1.29 is 9.59 Å². The molecule has 1 aliphatic carbocycles. The van der Waals surface area contributed by atoms with E-state index in [1.807, 2.05) is 26.0 Å². The molecule has 0 saturated carbocycles. The minimum atomic E-state index is -0.244. The van der Waals surface area contributed by atoms with Crippen molar-refractivity contribution in [3.05, 3.63) is 53.6 Å². The lowest BCUT2D eigenvalue weighted by atomic mass is 9.86. The topological polar surface area (TPSA) is 61.8 Å². The third-order valence-electron chi connectivity index (χ3n) is 5.04. The smallest absolute Gasteiger partial charge is 0.271 e. The Morgan fingerprint density at radius 1 is 1.27 bits per heavy atom. The van der Waals surface area contributed by atoms with Crippen molar-refractivity contribution in [2.24, 2.45) is 11.0 Å². The molecule has 1 aromatic carbocycles. The van der Waals surface area contributed by atoms with Crippen LogP contribution in [-0.2, 0) is 4.79 Å². The van der Waals surface area contributed by atoms with Gasteiger partial charge in [-0.1, -0.05) is 18.2 Å². The van der Waals surface area contributed by atoms with Crippen LogP contribution >= 0.6 is 0 Å². The maximum atomic E-state index is 12.3. The zero-order valence-electron chi connectivity index (χ0n) is 15.4. The van der Waals surface area contributed by atoms with Crippen LogP contribution in [0.4, 0.5) is 5.69 Å². The van der Waals surface area contributed by atoms with Gasteiger partial charge in [0.2, 0.25) is 5.91 Å². The Morgan fingerprint density at radius 3 is 2.58 bits per heavy atom. The minimum Gasteiger partial charge on any atom is -0.312 e. The Hall–Kier alpha value is -2.69. The van der Waals surface area contributed by atoms with Crippen LogP contribution in [0.5, 0.6) is 0 Å². The zero-order chi connectivity index (χ0) is 18.7. The van der Waals surface area contributed by atoms with E-state index in [0.717, 1.165) is 48.4 Å². The Labute approximate surface area is 154 Å². The van der Waals surface area contributed by atoms with E-state index < -0.39 is 0 Å². The predicted octanol–water partition coefficient (Wildman–Crippen LogP) is 3.83. The molecule has 1 aliphatic heterocycles. The molecule has 1 saturated heterocycles. The molecule has 1 fully saturated rings. The first kappa shape index (κ1) is 18.1. The number of carbonyl (C=O) groups is 2. The van der Waals surface area contributed by atoms with Gasteiger partial charge in [0, 0.05) is 24.2 Å². The standard InChI is InChI=1S/C21H25N3O2/c1-14(2)17-8-11-19(15(3)13-17)22-23-21(26)16-6-9-18(10-7-16)24-12-4-5-20(24)25/h6-7,9-10,13,17H,1,4-5,8,11-12H2,2-3H3,(H,23,26)/b22-19-/t17-/m1/s1. The van der Waals surface area contributed by atoms with Crippen LogP contribution < -0.4 is 10.3 Å². The van der Waals surface area contributed by atoms with Crippen LogP contribution in [0.3, 0.4) is 0 Å². The van der Waals surface area contributed by atoms with Gasteiger partial charge in [-0.05, 0) is 68.9 Å². The molecule has 0 unspecified atom stereocenters. The summed E-state index contributed by atoms with van der Waals surface area (Å²) in [7, 11) is 0. The van der Waals surface area contributed by atoms with E-state index >= 15 is 0 Å². The van der Waals surface area contributed by atoms with E-state index in [-0.39, 0.29) is 11.8 Å². The third kappa shape index (κ3) is 3.93. The van der Waals surface area contributed by atoms with Gasteiger partial charge in [0.25, 0.3) is 5.91 Å². The molecule has 3 rings (SSSR count). The predicted molar refractivity (Wildman–Crippen MR) is 104 cm³/mol. The number of nitrogens with one attached hydrogen (secondary N) is 1. The number of hydrazone groups is 1. The number of carbonyl (C=O) groups excluding carboxylic acids is 2. The molecule has 1 heterocycles. The number of benzene rings is 1. The van der Waals surface area contributed by atoms with Crippen molar-refractivity contribution in [1.29, 1.82) is 0 Å². The van der Waals surface area contributed by atoms with Crippen LogP contribution in [0.1, 0.15) is 49.9 Å². The Bertz CT molecular complexity index is 790. The number of hydrogen-bond donors (Lipinski definition) is 1. The summed E-state index contributed by atoms with van der Waals surface area (Å²) < 4.78 is 0. The molecular formula is C21H25N3O2. The number of amides is 2. The molecule has 0 radical (unpaired) electrons. The highest BCUT2D eigenvalue weighted by Gasteiger charge is 2.22. The first-order valence-corrected chi connectivity index (χ1v) is 9.07. The fourth-order valence-corrected chi connectivity index (χ4v) is 3.40. The Kier molecular flexibility index (Phi) is 5.35. The monoisotopic (exact) mass is 351 g/mol. The Morgan fingerprint density at radius 2 is 2.00 bits per heavy atom. The maximum Gasteiger partial charge on any atom is 0.271 e.